The van der Waals surface area contributed by atoms with E-state index in [2.05, 4.69) is 24.7 Å². The lowest BCUT2D eigenvalue weighted by atomic mass is 9.97. The second kappa shape index (κ2) is 4.78. The molecule has 3 nitrogen and oxygen atoms in total. The van der Waals surface area contributed by atoms with Gasteiger partial charge in [-0.05, 0) is 41.5 Å². The minimum absolute atomic E-state index is 0.0274. The van der Waals surface area contributed by atoms with Crippen molar-refractivity contribution in [1.29, 1.82) is 0 Å². The van der Waals surface area contributed by atoms with Crippen LogP contribution in [-0.4, -0.2) is 19.7 Å². The minimum Gasteiger partial charge on any atom is -0.482 e. The summed E-state index contributed by atoms with van der Waals surface area (Å²) in [6.45, 7) is 4.49. The van der Waals surface area contributed by atoms with Gasteiger partial charge in [0.25, 0.3) is 0 Å². The summed E-state index contributed by atoms with van der Waals surface area (Å²) < 4.78 is 9.91. The van der Waals surface area contributed by atoms with Crippen molar-refractivity contribution in [2.75, 3.05) is 13.7 Å². The summed E-state index contributed by atoms with van der Waals surface area (Å²) >= 11 is 0. The fourth-order valence-corrected chi connectivity index (χ4v) is 2.32. The number of rotatable bonds is 3. The van der Waals surface area contributed by atoms with Crippen molar-refractivity contribution in [3.05, 3.63) is 29.3 Å². The van der Waals surface area contributed by atoms with Crippen LogP contribution in [0.1, 0.15) is 30.9 Å². The van der Waals surface area contributed by atoms with Crippen LogP contribution in [0.2, 0.25) is 0 Å². The van der Waals surface area contributed by atoms with Crippen LogP contribution < -0.4 is 4.74 Å². The summed E-state index contributed by atoms with van der Waals surface area (Å²) in [6.07, 6.45) is 1.09. The van der Waals surface area contributed by atoms with Gasteiger partial charge in [0.1, 0.15) is 5.75 Å². The normalized spacial score (nSPS) is 22.1. The van der Waals surface area contributed by atoms with Crippen LogP contribution in [0.5, 0.6) is 5.75 Å². The third-order valence-electron chi connectivity index (χ3n) is 3.58. The van der Waals surface area contributed by atoms with Gasteiger partial charge in [-0.3, -0.25) is 0 Å². The van der Waals surface area contributed by atoms with E-state index in [1.165, 1.54) is 18.2 Å². The van der Waals surface area contributed by atoms with E-state index in [1.807, 2.05) is 12.1 Å². The Morgan fingerprint density at radius 2 is 2.18 bits per heavy atom. The molecule has 1 aromatic rings. The van der Waals surface area contributed by atoms with E-state index in [0.717, 1.165) is 12.2 Å². The van der Waals surface area contributed by atoms with Crippen LogP contribution in [0.25, 0.3) is 0 Å². The quantitative estimate of drug-likeness (QED) is 0.754. The van der Waals surface area contributed by atoms with Crippen molar-refractivity contribution in [3.8, 4) is 5.75 Å². The summed E-state index contributed by atoms with van der Waals surface area (Å²) in [5, 5.41) is 0. The molecule has 1 aliphatic rings. The summed E-state index contributed by atoms with van der Waals surface area (Å²) in [6, 6.07) is 6.07. The molecule has 0 spiro atoms. The fourth-order valence-electron chi connectivity index (χ4n) is 2.32. The van der Waals surface area contributed by atoms with E-state index in [4.69, 9.17) is 4.74 Å². The molecular weight excluding hydrogens is 216 g/mol. The fraction of sp³-hybridized carbons (Fsp3) is 0.500. The Kier molecular flexibility index (Phi) is 3.36. The first-order chi connectivity index (χ1) is 8.11. The molecule has 2 rings (SSSR count). The first kappa shape index (κ1) is 12.0. The maximum absolute atomic E-state index is 11.0. The molecule has 0 aliphatic heterocycles. The molecule has 1 aromatic carbocycles. The molecule has 17 heavy (non-hydrogen) atoms. The number of hydrogen-bond acceptors (Lipinski definition) is 3. The van der Waals surface area contributed by atoms with Crippen molar-refractivity contribution in [2.24, 2.45) is 5.92 Å². The monoisotopic (exact) mass is 234 g/mol. The number of hydrogen-bond donors (Lipinski definition) is 0. The molecule has 0 heterocycles. The Hall–Kier alpha value is -1.51. The van der Waals surface area contributed by atoms with Gasteiger partial charge in [-0.2, -0.15) is 0 Å². The second-order valence-corrected chi connectivity index (χ2v) is 4.70. The van der Waals surface area contributed by atoms with Gasteiger partial charge in [0.05, 0.1) is 7.11 Å². The van der Waals surface area contributed by atoms with E-state index < -0.39 is 0 Å². The summed E-state index contributed by atoms with van der Waals surface area (Å²) in [7, 11) is 1.36. The molecular formula is C14H18O3. The first-order valence-corrected chi connectivity index (χ1v) is 5.94. The van der Waals surface area contributed by atoms with E-state index in [1.54, 1.807) is 0 Å². The molecule has 0 fully saturated rings. The molecule has 2 unspecified atom stereocenters. The van der Waals surface area contributed by atoms with Crippen molar-refractivity contribution in [3.63, 3.8) is 0 Å². The first-order valence-electron chi connectivity index (χ1n) is 5.94. The Balaban J connectivity index is 2.08. The van der Waals surface area contributed by atoms with Crippen LogP contribution >= 0.6 is 0 Å². The Labute approximate surface area is 102 Å². The number of carbonyl (C=O) groups is 1. The summed E-state index contributed by atoms with van der Waals surface area (Å²) in [5.74, 6) is 1.68. The van der Waals surface area contributed by atoms with Crippen LogP contribution in [0.3, 0.4) is 0 Å². The maximum Gasteiger partial charge on any atom is 0.343 e. The highest BCUT2D eigenvalue weighted by atomic mass is 16.6. The van der Waals surface area contributed by atoms with E-state index >= 15 is 0 Å². The van der Waals surface area contributed by atoms with Crippen molar-refractivity contribution < 1.29 is 14.3 Å². The molecule has 0 amide bonds. The van der Waals surface area contributed by atoms with Gasteiger partial charge in [-0.15, -0.1) is 0 Å². The highest BCUT2D eigenvalue weighted by Crippen LogP contribution is 2.38. The third kappa shape index (κ3) is 2.43. The zero-order valence-electron chi connectivity index (χ0n) is 10.5. The van der Waals surface area contributed by atoms with Gasteiger partial charge < -0.3 is 9.47 Å². The maximum atomic E-state index is 11.0. The molecule has 0 bridgehead atoms. The van der Waals surface area contributed by atoms with Crippen LogP contribution in [-0.2, 0) is 16.0 Å². The molecule has 1 aliphatic carbocycles. The van der Waals surface area contributed by atoms with Crippen molar-refractivity contribution in [1.82, 2.24) is 0 Å². The van der Waals surface area contributed by atoms with Gasteiger partial charge >= 0.3 is 5.97 Å². The SMILES string of the molecule is COC(=O)COc1ccc2c(c1)CC(C)C2C. The summed E-state index contributed by atoms with van der Waals surface area (Å²) in [5.41, 5.74) is 2.75. The number of carbonyl (C=O) groups excluding carboxylic acids is 1. The van der Waals surface area contributed by atoms with Crippen LogP contribution in [0, 0.1) is 5.92 Å². The predicted molar refractivity (Wildman–Crippen MR) is 65.2 cm³/mol. The Morgan fingerprint density at radius 3 is 2.88 bits per heavy atom. The molecule has 0 saturated heterocycles. The lowest BCUT2D eigenvalue weighted by Gasteiger charge is -2.10. The van der Waals surface area contributed by atoms with E-state index in [-0.39, 0.29) is 12.6 Å². The largest absolute Gasteiger partial charge is 0.482 e. The standard InChI is InChI=1S/C14H18O3/c1-9-6-11-7-12(17-8-14(15)16-3)4-5-13(11)10(9)2/h4-5,7,9-10H,6,8H2,1-3H3. The highest BCUT2D eigenvalue weighted by Gasteiger charge is 2.25. The zero-order valence-corrected chi connectivity index (χ0v) is 10.5. The average Bonchev–Trinajstić information content (AvgIpc) is 2.62. The van der Waals surface area contributed by atoms with Crippen molar-refractivity contribution >= 4 is 5.97 Å². The van der Waals surface area contributed by atoms with Crippen molar-refractivity contribution in [2.45, 2.75) is 26.2 Å². The average molecular weight is 234 g/mol. The second-order valence-electron chi connectivity index (χ2n) is 4.70. The van der Waals surface area contributed by atoms with Gasteiger partial charge in [0.2, 0.25) is 0 Å². The highest BCUT2D eigenvalue weighted by molar-refractivity contribution is 5.70. The van der Waals surface area contributed by atoms with E-state index in [9.17, 15) is 4.79 Å². The van der Waals surface area contributed by atoms with Crippen LogP contribution in [0.15, 0.2) is 18.2 Å². The molecule has 0 aromatic heterocycles. The molecule has 2 atom stereocenters. The molecule has 0 radical (unpaired) electrons. The Bertz CT molecular complexity index is 425. The Morgan fingerprint density at radius 1 is 1.41 bits per heavy atom. The number of fused-ring (bicyclic) bond motifs is 1. The minimum atomic E-state index is -0.354. The lowest BCUT2D eigenvalue weighted by Crippen LogP contribution is -2.12. The number of methoxy groups -OCH3 is 1. The van der Waals surface area contributed by atoms with E-state index in [0.29, 0.717) is 11.8 Å². The zero-order chi connectivity index (χ0) is 12.4. The smallest absolute Gasteiger partial charge is 0.343 e. The van der Waals surface area contributed by atoms with Gasteiger partial charge in [0.15, 0.2) is 6.61 Å². The van der Waals surface area contributed by atoms with Gasteiger partial charge in [-0.25, -0.2) is 4.79 Å². The van der Waals surface area contributed by atoms with Gasteiger partial charge in [-0.1, -0.05) is 19.9 Å². The van der Waals surface area contributed by atoms with Crippen LogP contribution in [0.4, 0.5) is 0 Å². The summed E-state index contributed by atoms with van der Waals surface area (Å²) in [4.78, 5) is 11.0. The number of esters is 1. The number of ether oxygens (including phenoxy) is 2. The number of benzene rings is 1. The van der Waals surface area contributed by atoms with Gasteiger partial charge in [0, 0.05) is 0 Å². The predicted octanol–water partition coefficient (Wildman–Crippen LogP) is 2.53. The molecule has 0 N–H and O–H groups in total. The lowest BCUT2D eigenvalue weighted by molar-refractivity contribution is -0.142. The molecule has 3 heteroatoms. The molecule has 0 saturated carbocycles. The topological polar surface area (TPSA) is 35.5 Å². The third-order valence-corrected chi connectivity index (χ3v) is 3.58. The molecule has 92 valence electrons.